The second kappa shape index (κ2) is 11.1. The average molecular weight is 522 g/mol. The fraction of sp³-hybridized carbons (Fsp3) is 0.238. The summed E-state index contributed by atoms with van der Waals surface area (Å²) in [6, 6.07) is 9.97. The summed E-state index contributed by atoms with van der Waals surface area (Å²) in [5.41, 5.74) is 3.47. The molecule has 0 radical (unpaired) electrons. The summed E-state index contributed by atoms with van der Waals surface area (Å²) in [4.78, 5) is 12.2. The molecular formula is C21H21BrFN5O3S. The number of aromatic nitrogens is 3. The molecule has 3 rings (SSSR count). The van der Waals surface area contributed by atoms with Crippen molar-refractivity contribution < 1.29 is 18.7 Å². The molecule has 32 heavy (non-hydrogen) atoms. The van der Waals surface area contributed by atoms with Crippen molar-refractivity contribution >= 4 is 39.8 Å². The normalized spacial score (nSPS) is 11.0. The van der Waals surface area contributed by atoms with Crippen LogP contribution in [0.5, 0.6) is 11.5 Å². The first-order valence-electron chi connectivity index (χ1n) is 9.52. The molecule has 1 amide bonds. The lowest BCUT2D eigenvalue weighted by Gasteiger charge is -2.10. The first-order chi connectivity index (χ1) is 15.5. The van der Waals surface area contributed by atoms with Crippen LogP contribution in [0.3, 0.4) is 0 Å². The molecule has 0 atom stereocenters. The first kappa shape index (κ1) is 23.7. The maximum absolute atomic E-state index is 13.7. The summed E-state index contributed by atoms with van der Waals surface area (Å²) in [5, 5.41) is 12.9. The molecule has 0 aliphatic rings. The van der Waals surface area contributed by atoms with E-state index in [-0.39, 0.29) is 17.2 Å². The minimum absolute atomic E-state index is 0.0718. The number of thioether (sulfide) groups is 1. The number of ether oxygens (including phenoxy) is 2. The van der Waals surface area contributed by atoms with Crippen molar-refractivity contribution in [3.05, 3.63) is 52.3 Å². The summed E-state index contributed by atoms with van der Waals surface area (Å²) >= 11 is 4.50. The largest absolute Gasteiger partial charge is 0.493 e. The van der Waals surface area contributed by atoms with E-state index in [4.69, 9.17) is 9.47 Å². The van der Waals surface area contributed by atoms with Gasteiger partial charge in [0.15, 0.2) is 22.5 Å². The topological polar surface area (TPSA) is 90.6 Å². The molecule has 0 saturated carbocycles. The van der Waals surface area contributed by atoms with Crippen molar-refractivity contribution in [2.45, 2.75) is 18.6 Å². The van der Waals surface area contributed by atoms with Crippen LogP contribution in [0.25, 0.3) is 11.4 Å². The lowest BCUT2D eigenvalue weighted by atomic mass is 10.2. The van der Waals surface area contributed by atoms with Gasteiger partial charge in [0.2, 0.25) is 0 Å². The van der Waals surface area contributed by atoms with Crippen LogP contribution in [-0.2, 0) is 11.3 Å². The highest BCUT2D eigenvalue weighted by Gasteiger charge is 2.16. The molecular weight excluding hydrogens is 501 g/mol. The SMILES string of the molecule is CCn1c(SCC(=O)N/N=C/c2cc(Br)ccc2F)nnc1-c1ccc(OC)c(OC)c1. The van der Waals surface area contributed by atoms with Crippen molar-refractivity contribution in [3.63, 3.8) is 0 Å². The Hall–Kier alpha value is -2.92. The minimum Gasteiger partial charge on any atom is -0.493 e. The Kier molecular flexibility index (Phi) is 8.23. The maximum atomic E-state index is 13.7. The number of hydrazone groups is 1. The number of carbonyl (C=O) groups excluding carboxylic acids is 1. The van der Waals surface area contributed by atoms with Gasteiger partial charge in [0.25, 0.3) is 5.91 Å². The van der Waals surface area contributed by atoms with Gasteiger partial charge in [-0.05, 0) is 43.3 Å². The molecule has 1 aromatic heterocycles. The molecule has 1 heterocycles. The number of nitrogens with zero attached hydrogens (tertiary/aromatic N) is 4. The number of carbonyl (C=O) groups is 1. The van der Waals surface area contributed by atoms with E-state index in [1.54, 1.807) is 32.4 Å². The van der Waals surface area contributed by atoms with Gasteiger partial charge in [-0.15, -0.1) is 10.2 Å². The third-order valence-corrected chi connectivity index (χ3v) is 5.82. The second-order valence-corrected chi connectivity index (χ2v) is 8.23. The number of benzene rings is 2. The monoisotopic (exact) mass is 521 g/mol. The molecule has 0 saturated heterocycles. The second-order valence-electron chi connectivity index (χ2n) is 6.37. The number of methoxy groups -OCH3 is 2. The standard InChI is InChI=1S/C21H21BrFN5O3S/c1-4-28-20(13-5-8-17(30-2)18(10-13)31-3)26-27-21(28)32-12-19(29)25-24-11-14-9-15(22)6-7-16(14)23/h5-11H,4,12H2,1-3H3,(H,25,29)/b24-11+. The van der Waals surface area contributed by atoms with Gasteiger partial charge in [0.05, 0.1) is 26.2 Å². The predicted octanol–water partition coefficient (Wildman–Crippen LogP) is 4.13. The van der Waals surface area contributed by atoms with E-state index in [1.807, 2.05) is 23.6 Å². The predicted molar refractivity (Wildman–Crippen MR) is 125 cm³/mol. The highest BCUT2D eigenvalue weighted by Crippen LogP contribution is 2.32. The van der Waals surface area contributed by atoms with Crippen LogP contribution in [0.1, 0.15) is 12.5 Å². The highest BCUT2D eigenvalue weighted by atomic mass is 79.9. The zero-order valence-corrected chi connectivity index (χ0v) is 20.0. The Morgan fingerprint density at radius 1 is 1.22 bits per heavy atom. The fourth-order valence-corrected chi connectivity index (χ4v) is 3.99. The van der Waals surface area contributed by atoms with Crippen molar-refractivity contribution in [3.8, 4) is 22.9 Å². The van der Waals surface area contributed by atoms with Crippen LogP contribution < -0.4 is 14.9 Å². The maximum Gasteiger partial charge on any atom is 0.250 e. The van der Waals surface area contributed by atoms with Crippen molar-refractivity contribution in [2.75, 3.05) is 20.0 Å². The van der Waals surface area contributed by atoms with E-state index < -0.39 is 5.82 Å². The zero-order valence-electron chi connectivity index (χ0n) is 17.6. The van der Waals surface area contributed by atoms with Gasteiger partial charge in [-0.1, -0.05) is 27.7 Å². The number of hydrogen-bond acceptors (Lipinski definition) is 7. The van der Waals surface area contributed by atoms with Crippen molar-refractivity contribution in [2.24, 2.45) is 5.10 Å². The van der Waals surface area contributed by atoms with Crippen LogP contribution in [0.4, 0.5) is 4.39 Å². The third-order valence-electron chi connectivity index (χ3n) is 4.36. The first-order valence-corrected chi connectivity index (χ1v) is 11.3. The van der Waals surface area contributed by atoms with Crippen LogP contribution in [0.2, 0.25) is 0 Å². The number of hydrogen-bond donors (Lipinski definition) is 1. The average Bonchev–Trinajstić information content (AvgIpc) is 3.22. The summed E-state index contributed by atoms with van der Waals surface area (Å²) in [5.74, 6) is 1.15. The number of nitrogens with one attached hydrogen (secondary N) is 1. The summed E-state index contributed by atoms with van der Waals surface area (Å²) in [6.07, 6.45) is 1.26. The molecule has 11 heteroatoms. The molecule has 0 spiro atoms. The summed E-state index contributed by atoms with van der Waals surface area (Å²) in [7, 11) is 3.14. The Morgan fingerprint density at radius 3 is 2.72 bits per heavy atom. The summed E-state index contributed by atoms with van der Waals surface area (Å²) in [6.45, 7) is 2.58. The van der Waals surface area contributed by atoms with E-state index in [9.17, 15) is 9.18 Å². The molecule has 0 fully saturated rings. The van der Waals surface area contributed by atoms with Crippen LogP contribution in [0.15, 0.2) is 51.1 Å². The van der Waals surface area contributed by atoms with Crippen LogP contribution in [0, 0.1) is 5.82 Å². The molecule has 0 aliphatic heterocycles. The molecule has 168 valence electrons. The van der Waals surface area contributed by atoms with E-state index >= 15 is 0 Å². The third kappa shape index (κ3) is 5.65. The Morgan fingerprint density at radius 2 is 2.00 bits per heavy atom. The number of rotatable bonds is 9. The van der Waals surface area contributed by atoms with E-state index in [1.165, 1.54) is 24.0 Å². The Balaban J connectivity index is 1.66. The fourth-order valence-electron chi connectivity index (χ4n) is 2.82. The molecule has 0 unspecified atom stereocenters. The molecule has 0 bridgehead atoms. The van der Waals surface area contributed by atoms with Crippen molar-refractivity contribution in [1.29, 1.82) is 0 Å². The number of halogens is 2. The summed E-state index contributed by atoms with van der Waals surface area (Å²) < 4.78 is 27.0. The van der Waals surface area contributed by atoms with Gasteiger partial charge in [-0.25, -0.2) is 9.82 Å². The van der Waals surface area contributed by atoms with Crippen molar-refractivity contribution in [1.82, 2.24) is 20.2 Å². The van der Waals surface area contributed by atoms with E-state index in [0.29, 0.717) is 33.5 Å². The van der Waals surface area contributed by atoms with Gasteiger partial charge in [0.1, 0.15) is 5.82 Å². The lowest BCUT2D eigenvalue weighted by molar-refractivity contribution is -0.118. The smallest absolute Gasteiger partial charge is 0.250 e. The van der Waals surface area contributed by atoms with E-state index in [2.05, 4.69) is 36.7 Å². The molecule has 1 N–H and O–H groups in total. The quantitative estimate of drug-likeness (QED) is 0.258. The van der Waals surface area contributed by atoms with Crippen LogP contribution >= 0.6 is 27.7 Å². The van der Waals surface area contributed by atoms with Crippen LogP contribution in [-0.4, -0.2) is 46.9 Å². The lowest BCUT2D eigenvalue weighted by Crippen LogP contribution is -2.20. The van der Waals surface area contributed by atoms with Gasteiger partial charge < -0.3 is 14.0 Å². The molecule has 0 aliphatic carbocycles. The minimum atomic E-state index is -0.431. The van der Waals surface area contributed by atoms with Gasteiger partial charge in [-0.2, -0.15) is 5.10 Å². The highest BCUT2D eigenvalue weighted by molar-refractivity contribution is 9.10. The van der Waals surface area contributed by atoms with Gasteiger partial charge >= 0.3 is 0 Å². The number of amides is 1. The zero-order chi connectivity index (χ0) is 23.1. The van der Waals surface area contributed by atoms with Gasteiger partial charge in [0, 0.05) is 22.1 Å². The van der Waals surface area contributed by atoms with E-state index in [0.717, 1.165) is 5.56 Å². The Bertz CT molecular complexity index is 1140. The Labute approximate surface area is 197 Å². The molecule has 8 nitrogen and oxygen atoms in total. The molecule has 3 aromatic rings. The van der Waals surface area contributed by atoms with Gasteiger partial charge in [-0.3, -0.25) is 4.79 Å². The molecule has 2 aromatic carbocycles.